The van der Waals surface area contributed by atoms with E-state index in [1.807, 2.05) is 0 Å². The molecule has 0 amide bonds. The Morgan fingerprint density at radius 3 is 2.13 bits per heavy atom. The lowest BCUT2D eigenvalue weighted by molar-refractivity contribution is 0.0714. The molecule has 0 bridgehead atoms. The zero-order chi connectivity index (χ0) is 10.4. The van der Waals surface area contributed by atoms with Crippen LogP contribution in [0, 0.1) is 11.8 Å². The van der Waals surface area contributed by atoms with Gasteiger partial charge in [0.15, 0.2) is 0 Å². The van der Waals surface area contributed by atoms with E-state index in [0.717, 1.165) is 23.9 Å². The van der Waals surface area contributed by atoms with Crippen LogP contribution in [0.1, 0.15) is 45.4 Å². The average molecular weight is 208 g/mol. The predicted molar refractivity (Wildman–Crippen MR) is 62.6 cm³/mol. The third kappa shape index (κ3) is 2.07. The largest absolute Gasteiger partial charge is 0.328 e. The van der Waals surface area contributed by atoms with Crippen LogP contribution in [0.4, 0.5) is 0 Å². The minimum absolute atomic E-state index is 0.468. The molecule has 1 aliphatic heterocycles. The normalized spacial score (nSPS) is 38.6. The number of hydrogen-bond donors (Lipinski definition) is 1. The molecule has 1 heterocycles. The van der Waals surface area contributed by atoms with Crippen LogP contribution >= 0.6 is 0 Å². The Morgan fingerprint density at radius 2 is 1.67 bits per heavy atom. The van der Waals surface area contributed by atoms with E-state index in [0.29, 0.717) is 6.04 Å². The van der Waals surface area contributed by atoms with Crippen molar-refractivity contribution in [3.8, 4) is 0 Å². The minimum atomic E-state index is 0.468. The molecule has 1 saturated heterocycles. The second-order valence-electron chi connectivity index (χ2n) is 6.04. The first-order chi connectivity index (χ1) is 7.25. The van der Waals surface area contributed by atoms with E-state index in [1.165, 1.54) is 45.1 Å². The number of rotatable bonds is 3. The van der Waals surface area contributed by atoms with Crippen LogP contribution < -0.4 is 5.73 Å². The zero-order valence-corrected chi connectivity index (χ0v) is 9.86. The van der Waals surface area contributed by atoms with Gasteiger partial charge in [-0.15, -0.1) is 0 Å². The van der Waals surface area contributed by atoms with Crippen LogP contribution in [-0.4, -0.2) is 29.6 Å². The van der Waals surface area contributed by atoms with Gasteiger partial charge in [-0.25, -0.2) is 0 Å². The molecule has 0 radical (unpaired) electrons. The third-order valence-corrected chi connectivity index (χ3v) is 4.56. The van der Waals surface area contributed by atoms with Crippen LogP contribution in [0.2, 0.25) is 0 Å². The summed E-state index contributed by atoms with van der Waals surface area (Å²) in [5, 5.41) is 0. The Hall–Kier alpha value is -0.0800. The zero-order valence-electron chi connectivity index (χ0n) is 9.86. The molecule has 2 atom stereocenters. The lowest BCUT2D eigenvalue weighted by Crippen LogP contribution is -2.51. The van der Waals surface area contributed by atoms with Crippen LogP contribution in [0.15, 0.2) is 0 Å². The highest BCUT2D eigenvalue weighted by atomic mass is 15.2. The van der Waals surface area contributed by atoms with Crippen molar-refractivity contribution in [1.29, 1.82) is 0 Å². The van der Waals surface area contributed by atoms with Crippen molar-refractivity contribution in [2.24, 2.45) is 17.6 Å². The van der Waals surface area contributed by atoms with Gasteiger partial charge in [0.25, 0.3) is 0 Å². The summed E-state index contributed by atoms with van der Waals surface area (Å²) in [5.41, 5.74) is 6.04. The molecule has 2 aliphatic carbocycles. The Morgan fingerprint density at radius 1 is 1.07 bits per heavy atom. The summed E-state index contributed by atoms with van der Waals surface area (Å²) in [5.74, 6) is 2.10. The quantitative estimate of drug-likeness (QED) is 0.768. The van der Waals surface area contributed by atoms with Gasteiger partial charge in [-0.2, -0.15) is 0 Å². The summed E-state index contributed by atoms with van der Waals surface area (Å²) in [6.07, 6.45) is 8.43. The van der Waals surface area contributed by atoms with Gasteiger partial charge in [-0.1, -0.05) is 0 Å². The molecule has 3 fully saturated rings. The first-order valence-electron chi connectivity index (χ1n) is 6.77. The number of piperidine rings is 1. The molecule has 15 heavy (non-hydrogen) atoms. The van der Waals surface area contributed by atoms with Crippen LogP contribution in [0.25, 0.3) is 0 Å². The summed E-state index contributed by atoms with van der Waals surface area (Å²) >= 11 is 0. The summed E-state index contributed by atoms with van der Waals surface area (Å²) in [7, 11) is 0. The average Bonchev–Trinajstić information content (AvgIpc) is 3.02. The van der Waals surface area contributed by atoms with Crippen molar-refractivity contribution < 1.29 is 0 Å². The van der Waals surface area contributed by atoms with Crippen molar-refractivity contribution in [2.75, 3.05) is 6.54 Å². The van der Waals surface area contributed by atoms with E-state index in [4.69, 9.17) is 5.73 Å². The summed E-state index contributed by atoms with van der Waals surface area (Å²) in [6.45, 7) is 3.65. The lowest BCUT2D eigenvalue weighted by Gasteiger charge is -2.42. The van der Waals surface area contributed by atoms with Gasteiger partial charge in [0.1, 0.15) is 0 Å². The summed E-state index contributed by atoms with van der Waals surface area (Å²) < 4.78 is 0. The molecule has 2 N–H and O–H groups in total. The van der Waals surface area contributed by atoms with Gasteiger partial charge in [0.05, 0.1) is 0 Å². The maximum Gasteiger partial charge on any atom is 0.0155 e. The van der Waals surface area contributed by atoms with E-state index in [-0.39, 0.29) is 0 Å². The van der Waals surface area contributed by atoms with Crippen LogP contribution in [-0.2, 0) is 0 Å². The SMILES string of the molecule is CC1CC(N)CCN1C(C1CC1)C1CC1. The molecule has 3 aliphatic rings. The minimum Gasteiger partial charge on any atom is -0.328 e. The van der Waals surface area contributed by atoms with Crippen molar-refractivity contribution in [3.63, 3.8) is 0 Å². The molecule has 2 unspecified atom stereocenters. The number of hydrogen-bond acceptors (Lipinski definition) is 2. The van der Waals surface area contributed by atoms with E-state index in [2.05, 4.69) is 11.8 Å². The van der Waals surface area contributed by atoms with E-state index >= 15 is 0 Å². The fourth-order valence-electron chi connectivity index (χ4n) is 3.47. The van der Waals surface area contributed by atoms with Gasteiger partial charge in [0.2, 0.25) is 0 Å². The van der Waals surface area contributed by atoms with Gasteiger partial charge < -0.3 is 5.73 Å². The second kappa shape index (κ2) is 3.74. The van der Waals surface area contributed by atoms with Gasteiger partial charge in [-0.3, -0.25) is 4.90 Å². The smallest absolute Gasteiger partial charge is 0.0155 e. The number of nitrogens with zero attached hydrogens (tertiary/aromatic N) is 1. The summed E-state index contributed by atoms with van der Waals surface area (Å²) in [6, 6.07) is 2.14. The molecule has 2 heteroatoms. The summed E-state index contributed by atoms with van der Waals surface area (Å²) in [4.78, 5) is 2.80. The Labute approximate surface area is 93.2 Å². The topological polar surface area (TPSA) is 29.3 Å². The van der Waals surface area contributed by atoms with E-state index in [1.54, 1.807) is 0 Å². The maximum atomic E-state index is 6.04. The second-order valence-corrected chi connectivity index (χ2v) is 6.04. The standard InChI is InChI=1S/C13H24N2/c1-9-8-12(14)6-7-15(9)13(10-2-3-10)11-4-5-11/h9-13H,2-8,14H2,1H3. The molecule has 3 rings (SSSR count). The Bertz CT molecular complexity index is 221. The molecule has 86 valence electrons. The van der Waals surface area contributed by atoms with Crippen molar-refractivity contribution >= 4 is 0 Å². The third-order valence-electron chi connectivity index (χ3n) is 4.56. The highest BCUT2D eigenvalue weighted by Crippen LogP contribution is 2.48. The number of nitrogens with two attached hydrogens (primary N) is 1. The molecule has 0 aromatic heterocycles. The molecule has 0 spiro atoms. The molecule has 2 saturated carbocycles. The monoisotopic (exact) mass is 208 g/mol. The molecule has 0 aromatic rings. The van der Waals surface area contributed by atoms with E-state index in [9.17, 15) is 0 Å². The maximum absolute atomic E-state index is 6.04. The molecule has 0 aromatic carbocycles. The van der Waals surface area contributed by atoms with Gasteiger partial charge in [0, 0.05) is 24.7 Å². The van der Waals surface area contributed by atoms with Gasteiger partial charge in [-0.05, 0) is 57.3 Å². The molecular weight excluding hydrogens is 184 g/mol. The van der Waals surface area contributed by atoms with E-state index < -0.39 is 0 Å². The van der Waals surface area contributed by atoms with Crippen LogP contribution in [0.5, 0.6) is 0 Å². The Balaban J connectivity index is 1.67. The van der Waals surface area contributed by atoms with Crippen molar-refractivity contribution in [1.82, 2.24) is 4.90 Å². The molecule has 2 nitrogen and oxygen atoms in total. The lowest BCUT2D eigenvalue weighted by atomic mass is 9.94. The van der Waals surface area contributed by atoms with Crippen molar-refractivity contribution in [2.45, 2.75) is 63.6 Å². The van der Waals surface area contributed by atoms with Gasteiger partial charge >= 0.3 is 0 Å². The first-order valence-corrected chi connectivity index (χ1v) is 6.77. The number of likely N-dealkylation sites (tertiary alicyclic amines) is 1. The van der Waals surface area contributed by atoms with Crippen LogP contribution in [0.3, 0.4) is 0 Å². The fourth-order valence-corrected chi connectivity index (χ4v) is 3.47. The van der Waals surface area contributed by atoms with Crippen molar-refractivity contribution in [3.05, 3.63) is 0 Å². The molecular formula is C13H24N2. The predicted octanol–water partition coefficient (Wildman–Crippen LogP) is 1.99. The highest BCUT2D eigenvalue weighted by Gasteiger charge is 2.46. The highest BCUT2D eigenvalue weighted by molar-refractivity contribution is 5.00. The first kappa shape index (κ1) is 10.1. The fraction of sp³-hybridized carbons (Fsp3) is 1.00. The Kier molecular flexibility index (Phi) is 2.52.